The van der Waals surface area contributed by atoms with Gasteiger partial charge in [-0.15, -0.1) is 10.2 Å². The minimum Gasteiger partial charge on any atom is -0.331 e. The molecule has 0 aliphatic heterocycles. The van der Waals surface area contributed by atoms with Crippen LogP contribution >= 0.6 is 11.8 Å². The maximum Gasteiger partial charge on any atom is 0.234 e. The summed E-state index contributed by atoms with van der Waals surface area (Å²) in [6.45, 7) is 9.66. The number of amides is 1. The Morgan fingerprint density at radius 2 is 1.83 bits per heavy atom. The highest BCUT2D eigenvalue weighted by atomic mass is 32.2. The molecule has 6 nitrogen and oxygen atoms in total. The van der Waals surface area contributed by atoms with Crippen LogP contribution in [0.4, 0.5) is 5.69 Å². The molecule has 0 saturated carbocycles. The van der Waals surface area contributed by atoms with Crippen molar-refractivity contribution in [3.05, 3.63) is 35.7 Å². The van der Waals surface area contributed by atoms with E-state index < -0.39 is 0 Å². The quantitative estimate of drug-likeness (QED) is 0.499. The number of benzene rings is 1. The fraction of sp³-hybridized carbons (Fsp3) is 0.609. The van der Waals surface area contributed by atoms with E-state index in [1.807, 2.05) is 12.1 Å². The van der Waals surface area contributed by atoms with Gasteiger partial charge in [0.2, 0.25) is 5.91 Å². The van der Waals surface area contributed by atoms with Crippen LogP contribution in [0.5, 0.6) is 0 Å². The average Bonchev–Trinajstić information content (AvgIpc) is 3.13. The molecule has 0 aliphatic carbocycles. The molecule has 1 heterocycles. The van der Waals surface area contributed by atoms with Gasteiger partial charge < -0.3 is 14.8 Å². The highest BCUT2D eigenvalue weighted by Gasteiger charge is 2.25. The molecular weight excluding hydrogens is 394 g/mol. The van der Waals surface area contributed by atoms with Crippen molar-refractivity contribution in [1.82, 2.24) is 14.8 Å². The molecule has 2 atom stereocenters. The van der Waals surface area contributed by atoms with Crippen molar-refractivity contribution < 1.29 is 9.69 Å². The van der Waals surface area contributed by atoms with Crippen LogP contribution in [0.1, 0.15) is 76.7 Å². The molecule has 30 heavy (non-hydrogen) atoms. The van der Waals surface area contributed by atoms with Crippen LogP contribution in [-0.2, 0) is 11.3 Å². The minimum absolute atomic E-state index is 0.0202. The summed E-state index contributed by atoms with van der Waals surface area (Å²) in [5.41, 5.74) is 2.14. The second kappa shape index (κ2) is 12.1. The van der Waals surface area contributed by atoms with Crippen molar-refractivity contribution in [3.8, 4) is 0 Å². The highest BCUT2D eigenvalue weighted by molar-refractivity contribution is 7.99. The van der Waals surface area contributed by atoms with Gasteiger partial charge in [-0.05, 0) is 36.5 Å². The third-order valence-corrected chi connectivity index (χ3v) is 6.57. The number of anilines is 1. The fourth-order valence-electron chi connectivity index (χ4n) is 3.50. The number of quaternary nitrogens is 1. The molecule has 0 saturated heterocycles. The Kier molecular flexibility index (Phi) is 9.85. The van der Waals surface area contributed by atoms with E-state index in [0.717, 1.165) is 48.9 Å². The number of unbranched alkanes of at least 4 members (excludes halogenated alkanes) is 1. The number of rotatable bonds is 12. The van der Waals surface area contributed by atoms with E-state index >= 15 is 0 Å². The monoisotopic (exact) mass is 432 g/mol. The number of carbonyl (C=O) groups excluding carboxylic acids is 1. The normalized spacial score (nSPS) is 13.4. The zero-order valence-corrected chi connectivity index (χ0v) is 20.2. The number of hydrogen-bond donors (Lipinski definition) is 2. The van der Waals surface area contributed by atoms with Crippen molar-refractivity contribution in [2.24, 2.45) is 0 Å². The molecule has 1 aromatic carbocycles. The topological polar surface area (TPSA) is 64.2 Å². The molecule has 0 spiro atoms. The standard InChI is InChI=1S/C23H37N5OS/c1-7-10-15-28-22(20(9-3)27(5)6)25-26-23(28)30-16-21(29)24-19-13-11-18(12-14-19)17(4)8-2/h11-14,17,20H,7-10,15-16H2,1-6H3,(H,24,29)/p+1/t17-,20+/m1/s1. The van der Waals surface area contributed by atoms with Gasteiger partial charge >= 0.3 is 0 Å². The van der Waals surface area contributed by atoms with Gasteiger partial charge in [-0.1, -0.05) is 58.0 Å². The third-order valence-electron chi connectivity index (χ3n) is 5.61. The summed E-state index contributed by atoms with van der Waals surface area (Å²) in [6.07, 6.45) is 4.30. The number of aromatic nitrogens is 3. The minimum atomic E-state index is -0.0202. The summed E-state index contributed by atoms with van der Waals surface area (Å²) < 4.78 is 2.21. The number of carbonyl (C=O) groups is 1. The van der Waals surface area contributed by atoms with E-state index in [2.05, 4.69) is 74.0 Å². The van der Waals surface area contributed by atoms with Crippen LogP contribution in [0.25, 0.3) is 0 Å². The van der Waals surface area contributed by atoms with Crippen molar-refractivity contribution in [2.75, 3.05) is 25.2 Å². The maximum absolute atomic E-state index is 12.5. The molecule has 0 unspecified atom stereocenters. The SMILES string of the molecule is CCCCn1c(SCC(=O)Nc2ccc([C@H](C)CC)cc2)nnc1[C@H](CC)[NH+](C)C. The van der Waals surface area contributed by atoms with Gasteiger partial charge in [0.05, 0.1) is 19.8 Å². The summed E-state index contributed by atoms with van der Waals surface area (Å²) in [4.78, 5) is 13.8. The van der Waals surface area contributed by atoms with E-state index in [1.54, 1.807) is 0 Å². The number of thioether (sulfide) groups is 1. The Labute approximate surface area is 185 Å². The zero-order valence-electron chi connectivity index (χ0n) is 19.4. The molecule has 0 aliphatic rings. The first kappa shape index (κ1) is 24.4. The lowest BCUT2D eigenvalue weighted by molar-refractivity contribution is -0.893. The van der Waals surface area contributed by atoms with E-state index in [9.17, 15) is 4.79 Å². The van der Waals surface area contributed by atoms with Crippen molar-refractivity contribution in [2.45, 2.75) is 77.0 Å². The molecule has 2 aromatic rings. The molecule has 1 aromatic heterocycles. The molecule has 166 valence electrons. The first-order valence-electron chi connectivity index (χ1n) is 11.2. The number of hydrogen-bond acceptors (Lipinski definition) is 4. The average molecular weight is 433 g/mol. The predicted octanol–water partition coefficient (Wildman–Crippen LogP) is 3.92. The van der Waals surface area contributed by atoms with Gasteiger partial charge in [-0.25, -0.2) is 0 Å². The second-order valence-electron chi connectivity index (χ2n) is 8.15. The first-order chi connectivity index (χ1) is 14.4. The summed E-state index contributed by atoms with van der Waals surface area (Å²) in [5.74, 6) is 1.86. The second-order valence-corrected chi connectivity index (χ2v) is 9.09. The molecular formula is C23H38N5OS+. The molecule has 2 rings (SSSR count). The molecule has 0 bridgehead atoms. The van der Waals surface area contributed by atoms with Gasteiger partial charge in [-0.2, -0.15) is 0 Å². The smallest absolute Gasteiger partial charge is 0.234 e. The first-order valence-corrected chi connectivity index (χ1v) is 12.1. The summed E-state index contributed by atoms with van der Waals surface area (Å²) >= 11 is 1.47. The zero-order chi connectivity index (χ0) is 22.1. The van der Waals surface area contributed by atoms with Gasteiger partial charge in [-0.3, -0.25) is 4.79 Å². The molecule has 0 fully saturated rings. The Hall–Kier alpha value is -1.86. The van der Waals surface area contributed by atoms with E-state index in [-0.39, 0.29) is 5.91 Å². The largest absolute Gasteiger partial charge is 0.331 e. The van der Waals surface area contributed by atoms with Crippen LogP contribution in [0, 0.1) is 0 Å². The van der Waals surface area contributed by atoms with Crippen LogP contribution in [0.3, 0.4) is 0 Å². The number of nitrogens with one attached hydrogen (secondary N) is 2. The third kappa shape index (κ3) is 6.57. The van der Waals surface area contributed by atoms with Crippen LogP contribution in [0.15, 0.2) is 29.4 Å². The Balaban J connectivity index is 2.03. The van der Waals surface area contributed by atoms with Crippen LogP contribution in [-0.4, -0.2) is 40.5 Å². The van der Waals surface area contributed by atoms with Gasteiger partial charge in [0.25, 0.3) is 0 Å². The fourth-order valence-corrected chi connectivity index (χ4v) is 4.27. The highest BCUT2D eigenvalue weighted by Crippen LogP contribution is 2.23. The van der Waals surface area contributed by atoms with Gasteiger partial charge in [0.15, 0.2) is 11.0 Å². The molecule has 7 heteroatoms. The van der Waals surface area contributed by atoms with Crippen LogP contribution in [0.2, 0.25) is 0 Å². The molecule has 2 N–H and O–H groups in total. The van der Waals surface area contributed by atoms with Crippen molar-refractivity contribution in [1.29, 1.82) is 0 Å². The molecule has 1 amide bonds. The lowest BCUT2D eigenvalue weighted by Crippen LogP contribution is -3.06. The van der Waals surface area contributed by atoms with Crippen LogP contribution < -0.4 is 10.2 Å². The summed E-state index contributed by atoms with van der Waals surface area (Å²) in [7, 11) is 4.31. The summed E-state index contributed by atoms with van der Waals surface area (Å²) in [6, 6.07) is 8.47. The van der Waals surface area contributed by atoms with E-state index in [4.69, 9.17) is 0 Å². The van der Waals surface area contributed by atoms with Crippen molar-refractivity contribution in [3.63, 3.8) is 0 Å². The Morgan fingerprint density at radius 3 is 2.40 bits per heavy atom. The van der Waals surface area contributed by atoms with Gasteiger partial charge in [0, 0.05) is 18.7 Å². The summed E-state index contributed by atoms with van der Waals surface area (Å²) in [5, 5.41) is 12.7. The number of nitrogens with zero attached hydrogens (tertiary/aromatic N) is 3. The van der Waals surface area contributed by atoms with E-state index in [1.165, 1.54) is 22.2 Å². The van der Waals surface area contributed by atoms with Crippen molar-refractivity contribution >= 4 is 23.4 Å². The predicted molar refractivity (Wildman–Crippen MR) is 125 cm³/mol. The Morgan fingerprint density at radius 1 is 1.13 bits per heavy atom. The molecule has 0 radical (unpaired) electrons. The Bertz CT molecular complexity index is 787. The lowest BCUT2D eigenvalue weighted by atomic mass is 9.99. The lowest BCUT2D eigenvalue weighted by Gasteiger charge is -2.20. The van der Waals surface area contributed by atoms with Gasteiger partial charge in [0.1, 0.15) is 6.04 Å². The maximum atomic E-state index is 12.5. The van der Waals surface area contributed by atoms with E-state index in [0.29, 0.717) is 17.7 Å².